The van der Waals surface area contributed by atoms with Crippen LogP contribution in [0.1, 0.15) is 6.42 Å². The molecule has 0 aromatic rings. The van der Waals surface area contributed by atoms with Crippen LogP contribution in [0.2, 0.25) is 0 Å². The Kier molecular flexibility index (Phi) is 4.79. The summed E-state index contributed by atoms with van der Waals surface area (Å²) in [7, 11) is -1.57. The summed E-state index contributed by atoms with van der Waals surface area (Å²) in [6, 6.07) is 0. The van der Waals surface area contributed by atoms with E-state index in [9.17, 15) is 8.42 Å². The van der Waals surface area contributed by atoms with Crippen LogP contribution in [0.15, 0.2) is 15.1 Å². The Morgan fingerprint density at radius 1 is 1.59 bits per heavy atom. The molecule has 1 fully saturated rings. The molecule has 6 nitrogen and oxygen atoms in total. The minimum absolute atomic E-state index is 0.171. The maximum Gasteiger partial charge on any atom is 0.252 e. The first-order valence-electron chi connectivity index (χ1n) is 5.16. The Morgan fingerprint density at radius 2 is 2.24 bits per heavy atom. The Labute approximate surface area is 107 Å². The maximum absolute atomic E-state index is 11.0. The van der Waals surface area contributed by atoms with E-state index in [-0.39, 0.29) is 10.9 Å². The van der Waals surface area contributed by atoms with Gasteiger partial charge in [0.1, 0.15) is 5.03 Å². The highest BCUT2D eigenvalue weighted by molar-refractivity contribution is 7.89. The molecule has 0 aromatic carbocycles. The van der Waals surface area contributed by atoms with E-state index in [1.54, 1.807) is 0 Å². The van der Waals surface area contributed by atoms with Gasteiger partial charge in [-0.05, 0) is 20.0 Å². The number of halogens is 1. The van der Waals surface area contributed by atoms with E-state index in [1.165, 1.54) is 0 Å². The molecule has 1 heterocycles. The molecule has 17 heavy (non-hydrogen) atoms. The summed E-state index contributed by atoms with van der Waals surface area (Å²) in [4.78, 5) is 2.07. The zero-order valence-electron chi connectivity index (χ0n) is 9.90. The van der Waals surface area contributed by atoms with Crippen LogP contribution in [-0.2, 0) is 10.0 Å². The molecule has 0 bridgehead atoms. The zero-order chi connectivity index (χ0) is 13.1. The largest absolute Gasteiger partial charge is 0.386 e. The van der Waals surface area contributed by atoms with Gasteiger partial charge in [-0.25, -0.2) is 8.42 Å². The summed E-state index contributed by atoms with van der Waals surface area (Å²) in [6.07, 6.45) is 1.97. The number of rotatable bonds is 2. The molecule has 1 rings (SSSR count). The monoisotopic (exact) mass is 280 g/mol. The number of nitrogens with two attached hydrogens (primary N) is 1. The first-order chi connectivity index (χ1) is 7.79. The van der Waals surface area contributed by atoms with Crippen molar-refractivity contribution in [3.63, 3.8) is 0 Å². The quantitative estimate of drug-likeness (QED) is 0.535. The smallest absolute Gasteiger partial charge is 0.252 e. The molecule has 0 spiro atoms. The van der Waals surface area contributed by atoms with Gasteiger partial charge in [-0.15, -0.1) is 4.40 Å². The van der Waals surface area contributed by atoms with Crippen molar-refractivity contribution in [1.82, 2.24) is 10.2 Å². The molecule has 0 amide bonds. The summed E-state index contributed by atoms with van der Waals surface area (Å²) in [5.74, 6) is -0.174. The van der Waals surface area contributed by atoms with Crippen LogP contribution in [0.4, 0.5) is 0 Å². The molecular formula is C9H17ClN4O2S. The molecule has 0 aromatic heterocycles. The van der Waals surface area contributed by atoms with E-state index in [4.69, 9.17) is 17.3 Å². The lowest BCUT2D eigenvalue weighted by Gasteiger charge is -2.15. The van der Waals surface area contributed by atoms with Crippen LogP contribution in [0.3, 0.4) is 0 Å². The lowest BCUT2D eigenvalue weighted by Crippen LogP contribution is -2.26. The van der Waals surface area contributed by atoms with E-state index in [1.807, 2.05) is 7.05 Å². The van der Waals surface area contributed by atoms with E-state index in [0.29, 0.717) is 12.2 Å². The summed E-state index contributed by atoms with van der Waals surface area (Å²) in [5.41, 5.74) is 6.26. The number of nitrogens with one attached hydrogen (secondary N) is 1. The fourth-order valence-electron chi connectivity index (χ4n) is 1.51. The Morgan fingerprint density at radius 3 is 2.82 bits per heavy atom. The molecule has 0 radical (unpaired) electrons. The van der Waals surface area contributed by atoms with Crippen molar-refractivity contribution in [1.29, 1.82) is 0 Å². The molecule has 1 saturated heterocycles. The first-order valence-corrected chi connectivity index (χ1v) is 7.39. The van der Waals surface area contributed by atoms with Crippen molar-refractivity contribution in [2.24, 2.45) is 10.1 Å². The van der Waals surface area contributed by atoms with Crippen molar-refractivity contribution in [3.05, 3.63) is 10.7 Å². The van der Waals surface area contributed by atoms with E-state index in [0.717, 1.165) is 25.8 Å². The fraction of sp³-hybridized carbons (Fsp3) is 0.667. The third-order valence-electron chi connectivity index (χ3n) is 2.24. The van der Waals surface area contributed by atoms with Crippen LogP contribution < -0.4 is 11.1 Å². The van der Waals surface area contributed by atoms with Crippen molar-refractivity contribution in [2.75, 3.05) is 32.9 Å². The second-order valence-electron chi connectivity index (χ2n) is 4.02. The van der Waals surface area contributed by atoms with Gasteiger partial charge >= 0.3 is 0 Å². The standard InChI is InChI=1S/C9H17ClN4O2S/c1-14-5-3-4-12-7(6-14)8(10)9(11)13-17(2,15)16/h12H,3-6H2,1-2H3,(H2,11,13)/b8-7+. The number of nitrogens with zero attached hydrogens (tertiary/aromatic N) is 2. The predicted octanol–water partition coefficient (Wildman–Crippen LogP) is -0.321. The average Bonchev–Trinajstić information content (AvgIpc) is 2.39. The summed E-state index contributed by atoms with van der Waals surface area (Å²) in [6.45, 7) is 2.32. The van der Waals surface area contributed by atoms with Gasteiger partial charge < -0.3 is 16.0 Å². The second kappa shape index (κ2) is 5.70. The van der Waals surface area contributed by atoms with Crippen LogP contribution in [0.5, 0.6) is 0 Å². The molecule has 98 valence electrons. The Bertz CT molecular complexity index is 444. The molecular weight excluding hydrogens is 264 g/mol. The van der Waals surface area contributed by atoms with Crippen molar-refractivity contribution < 1.29 is 8.42 Å². The van der Waals surface area contributed by atoms with Crippen molar-refractivity contribution >= 4 is 27.5 Å². The Hall–Kier alpha value is -0.790. The predicted molar refractivity (Wildman–Crippen MR) is 69.5 cm³/mol. The third kappa shape index (κ3) is 4.93. The average molecular weight is 281 g/mol. The first kappa shape index (κ1) is 14.3. The number of hydrogen-bond acceptors (Lipinski definition) is 4. The summed E-state index contributed by atoms with van der Waals surface area (Å²) < 4.78 is 25.3. The number of amidine groups is 1. The highest BCUT2D eigenvalue weighted by Gasteiger charge is 2.15. The summed E-state index contributed by atoms with van der Waals surface area (Å²) >= 11 is 6.02. The van der Waals surface area contributed by atoms with Gasteiger partial charge in [0, 0.05) is 18.8 Å². The van der Waals surface area contributed by atoms with Gasteiger partial charge in [0.2, 0.25) is 0 Å². The number of sulfonamides is 1. The minimum Gasteiger partial charge on any atom is -0.386 e. The van der Waals surface area contributed by atoms with E-state index < -0.39 is 10.0 Å². The van der Waals surface area contributed by atoms with E-state index >= 15 is 0 Å². The zero-order valence-corrected chi connectivity index (χ0v) is 11.5. The fourth-order valence-corrected chi connectivity index (χ4v) is 2.18. The van der Waals surface area contributed by atoms with Gasteiger partial charge in [0.05, 0.1) is 6.26 Å². The molecule has 0 unspecified atom stereocenters. The SMILES string of the molecule is CN1CCCN/C(=C(Cl)\C(N)=N\S(C)(=O)=O)C1. The number of likely N-dealkylation sites (N-methyl/N-ethyl adjacent to an activating group) is 1. The lowest BCUT2D eigenvalue weighted by atomic mass is 10.3. The van der Waals surface area contributed by atoms with Crippen LogP contribution in [0.25, 0.3) is 0 Å². The van der Waals surface area contributed by atoms with Crippen molar-refractivity contribution in [3.8, 4) is 0 Å². The van der Waals surface area contributed by atoms with Crippen LogP contribution >= 0.6 is 11.6 Å². The van der Waals surface area contributed by atoms with Gasteiger partial charge in [-0.3, -0.25) is 0 Å². The molecule has 3 N–H and O–H groups in total. The van der Waals surface area contributed by atoms with Gasteiger partial charge in [0.25, 0.3) is 10.0 Å². The normalized spacial score (nSPS) is 22.9. The molecule has 1 aliphatic rings. The maximum atomic E-state index is 11.0. The van der Waals surface area contributed by atoms with Crippen LogP contribution in [0, 0.1) is 0 Å². The topological polar surface area (TPSA) is 87.8 Å². The molecule has 8 heteroatoms. The van der Waals surface area contributed by atoms with E-state index in [2.05, 4.69) is 14.6 Å². The van der Waals surface area contributed by atoms with Crippen LogP contribution in [-0.4, -0.2) is 52.1 Å². The van der Waals surface area contributed by atoms with Gasteiger partial charge in [-0.1, -0.05) is 11.6 Å². The van der Waals surface area contributed by atoms with Gasteiger partial charge in [0.15, 0.2) is 5.84 Å². The highest BCUT2D eigenvalue weighted by atomic mass is 35.5. The summed E-state index contributed by atoms with van der Waals surface area (Å²) in [5, 5.41) is 3.30. The minimum atomic E-state index is -3.53. The molecule has 0 aliphatic carbocycles. The lowest BCUT2D eigenvalue weighted by molar-refractivity contribution is 0.373. The Balaban J connectivity index is 2.99. The molecule has 0 atom stereocenters. The highest BCUT2D eigenvalue weighted by Crippen LogP contribution is 2.12. The van der Waals surface area contributed by atoms with Gasteiger partial charge in [-0.2, -0.15) is 0 Å². The number of hydrogen-bond donors (Lipinski definition) is 2. The molecule has 1 aliphatic heterocycles. The molecule has 0 saturated carbocycles. The van der Waals surface area contributed by atoms with Crippen molar-refractivity contribution in [2.45, 2.75) is 6.42 Å². The third-order valence-corrected chi connectivity index (χ3v) is 3.19. The second-order valence-corrected chi connectivity index (χ2v) is 6.05.